The standard InChI is InChI=1S/C19H19N3O2/c1-3-21(2)15-11-9-14(10-12-15)13-17-18(23)20-22(19(17)24)16-7-5-4-6-8-16/h4-13H,3H2,1-2H3,(H,20,23)/b17-13+. The summed E-state index contributed by atoms with van der Waals surface area (Å²) in [5.74, 6) is -0.737. The zero-order chi connectivity index (χ0) is 17.1. The molecule has 24 heavy (non-hydrogen) atoms. The van der Waals surface area contributed by atoms with Gasteiger partial charge in [-0.15, -0.1) is 0 Å². The molecule has 3 rings (SSSR count). The predicted molar refractivity (Wildman–Crippen MR) is 95.4 cm³/mol. The lowest BCUT2D eigenvalue weighted by Gasteiger charge is -2.16. The van der Waals surface area contributed by atoms with E-state index in [0.717, 1.165) is 17.8 Å². The Labute approximate surface area is 141 Å². The molecule has 0 aromatic heterocycles. The Morgan fingerprint density at radius 1 is 1.04 bits per heavy atom. The van der Waals surface area contributed by atoms with Gasteiger partial charge in [0.2, 0.25) is 0 Å². The smallest absolute Gasteiger partial charge is 0.282 e. The van der Waals surface area contributed by atoms with E-state index in [1.54, 1.807) is 18.2 Å². The predicted octanol–water partition coefficient (Wildman–Crippen LogP) is 2.60. The lowest BCUT2D eigenvalue weighted by Crippen LogP contribution is -2.35. The van der Waals surface area contributed by atoms with Crippen LogP contribution in [0.4, 0.5) is 11.4 Å². The normalized spacial score (nSPS) is 15.8. The van der Waals surface area contributed by atoms with Gasteiger partial charge in [0.15, 0.2) is 0 Å². The summed E-state index contributed by atoms with van der Waals surface area (Å²) in [5, 5.41) is 1.27. The van der Waals surface area contributed by atoms with E-state index >= 15 is 0 Å². The van der Waals surface area contributed by atoms with E-state index in [1.165, 1.54) is 5.01 Å². The van der Waals surface area contributed by atoms with E-state index in [-0.39, 0.29) is 11.5 Å². The molecule has 1 aliphatic heterocycles. The van der Waals surface area contributed by atoms with Gasteiger partial charge in [0.25, 0.3) is 11.8 Å². The molecule has 1 N–H and O–H groups in total. The second-order valence-corrected chi connectivity index (χ2v) is 5.58. The fourth-order valence-corrected chi connectivity index (χ4v) is 2.49. The van der Waals surface area contributed by atoms with E-state index in [9.17, 15) is 9.59 Å². The summed E-state index contributed by atoms with van der Waals surface area (Å²) in [5.41, 5.74) is 5.28. The second kappa shape index (κ2) is 6.58. The van der Waals surface area contributed by atoms with Crippen molar-refractivity contribution in [2.45, 2.75) is 6.92 Å². The lowest BCUT2D eigenvalue weighted by atomic mass is 10.1. The van der Waals surface area contributed by atoms with Crippen LogP contribution in [0.15, 0.2) is 60.2 Å². The minimum Gasteiger partial charge on any atom is -0.375 e. The van der Waals surface area contributed by atoms with Gasteiger partial charge < -0.3 is 4.90 Å². The third-order valence-corrected chi connectivity index (χ3v) is 4.03. The van der Waals surface area contributed by atoms with Crippen molar-refractivity contribution in [3.8, 4) is 0 Å². The molecule has 1 fully saturated rings. The molecular weight excluding hydrogens is 302 g/mol. The molecule has 0 saturated carbocycles. The van der Waals surface area contributed by atoms with E-state index in [2.05, 4.69) is 17.2 Å². The van der Waals surface area contributed by atoms with Crippen LogP contribution in [-0.4, -0.2) is 25.4 Å². The molecule has 5 heteroatoms. The number of nitrogens with zero attached hydrogens (tertiary/aromatic N) is 2. The monoisotopic (exact) mass is 321 g/mol. The first-order valence-corrected chi connectivity index (χ1v) is 7.83. The van der Waals surface area contributed by atoms with Crippen LogP contribution in [-0.2, 0) is 9.59 Å². The van der Waals surface area contributed by atoms with Gasteiger partial charge in [0.05, 0.1) is 5.69 Å². The van der Waals surface area contributed by atoms with Gasteiger partial charge in [-0.05, 0) is 42.8 Å². The molecule has 0 atom stereocenters. The molecule has 2 aromatic rings. The number of benzene rings is 2. The van der Waals surface area contributed by atoms with E-state index in [0.29, 0.717) is 5.69 Å². The minimum atomic E-state index is -0.390. The van der Waals surface area contributed by atoms with Crippen LogP contribution in [0, 0.1) is 0 Å². The SMILES string of the molecule is CCN(C)c1ccc(/C=C2\C(=O)NN(c3ccccc3)C2=O)cc1. The number of para-hydroxylation sites is 1. The van der Waals surface area contributed by atoms with Crippen LogP contribution < -0.4 is 15.3 Å². The van der Waals surface area contributed by atoms with Crippen molar-refractivity contribution in [3.05, 3.63) is 65.7 Å². The highest BCUT2D eigenvalue weighted by molar-refractivity contribution is 6.31. The maximum atomic E-state index is 12.5. The summed E-state index contributed by atoms with van der Waals surface area (Å²) in [7, 11) is 2.01. The number of hydrogen-bond donors (Lipinski definition) is 1. The van der Waals surface area contributed by atoms with Crippen molar-refractivity contribution < 1.29 is 9.59 Å². The van der Waals surface area contributed by atoms with Crippen molar-refractivity contribution in [1.29, 1.82) is 0 Å². The summed E-state index contributed by atoms with van der Waals surface area (Å²) in [6.07, 6.45) is 1.62. The first-order valence-electron chi connectivity index (χ1n) is 7.83. The maximum Gasteiger partial charge on any atom is 0.282 e. The van der Waals surface area contributed by atoms with Crippen molar-refractivity contribution in [1.82, 2.24) is 5.43 Å². The van der Waals surface area contributed by atoms with Crippen LogP contribution in [0.1, 0.15) is 12.5 Å². The van der Waals surface area contributed by atoms with E-state index in [1.807, 2.05) is 49.5 Å². The Hall–Kier alpha value is -3.08. The molecule has 122 valence electrons. The van der Waals surface area contributed by atoms with Crippen molar-refractivity contribution in [2.24, 2.45) is 0 Å². The zero-order valence-corrected chi connectivity index (χ0v) is 13.7. The van der Waals surface area contributed by atoms with Gasteiger partial charge in [-0.25, -0.2) is 5.01 Å². The number of carbonyl (C=O) groups excluding carboxylic acids is 2. The molecule has 1 aliphatic rings. The zero-order valence-electron chi connectivity index (χ0n) is 13.7. The highest BCUT2D eigenvalue weighted by Gasteiger charge is 2.34. The van der Waals surface area contributed by atoms with E-state index in [4.69, 9.17) is 0 Å². The summed E-state index contributed by atoms with van der Waals surface area (Å²) in [4.78, 5) is 26.8. The molecular formula is C19H19N3O2. The third kappa shape index (κ3) is 3.01. The maximum absolute atomic E-state index is 12.5. The first-order chi connectivity index (χ1) is 11.6. The fourth-order valence-electron chi connectivity index (χ4n) is 2.49. The van der Waals surface area contributed by atoms with Gasteiger partial charge in [-0.1, -0.05) is 30.3 Å². The van der Waals surface area contributed by atoms with Crippen LogP contribution in [0.2, 0.25) is 0 Å². The Bertz CT molecular complexity index is 782. The molecule has 1 heterocycles. The Kier molecular flexibility index (Phi) is 4.33. The molecule has 1 saturated heterocycles. The molecule has 0 aliphatic carbocycles. The summed E-state index contributed by atoms with van der Waals surface area (Å²) < 4.78 is 0. The molecule has 0 spiro atoms. The average Bonchev–Trinajstić information content (AvgIpc) is 2.90. The molecule has 0 radical (unpaired) electrons. The van der Waals surface area contributed by atoms with E-state index < -0.39 is 5.91 Å². The highest BCUT2D eigenvalue weighted by Crippen LogP contribution is 2.22. The van der Waals surface area contributed by atoms with Gasteiger partial charge >= 0.3 is 0 Å². The van der Waals surface area contributed by atoms with Crippen molar-refractivity contribution >= 4 is 29.3 Å². The molecule has 0 unspecified atom stereocenters. The fraction of sp³-hybridized carbons (Fsp3) is 0.158. The summed E-state index contributed by atoms with van der Waals surface area (Å²) in [6, 6.07) is 16.8. The topological polar surface area (TPSA) is 52.7 Å². The van der Waals surface area contributed by atoms with Crippen molar-refractivity contribution in [2.75, 3.05) is 23.5 Å². The second-order valence-electron chi connectivity index (χ2n) is 5.58. The van der Waals surface area contributed by atoms with Gasteiger partial charge in [0.1, 0.15) is 5.57 Å². The molecule has 5 nitrogen and oxygen atoms in total. The molecule has 0 bridgehead atoms. The molecule has 2 amide bonds. The number of hydrazine groups is 1. The minimum absolute atomic E-state index is 0.135. The number of anilines is 2. The number of nitrogens with one attached hydrogen (secondary N) is 1. The Morgan fingerprint density at radius 3 is 2.33 bits per heavy atom. The third-order valence-electron chi connectivity index (χ3n) is 4.03. The summed E-state index contributed by atoms with van der Waals surface area (Å²) >= 11 is 0. The first kappa shape index (κ1) is 15.8. The van der Waals surface area contributed by atoms with Crippen molar-refractivity contribution in [3.63, 3.8) is 0 Å². The van der Waals surface area contributed by atoms with Gasteiger partial charge in [-0.3, -0.25) is 15.0 Å². The van der Waals surface area contributed by atoms with Crippen LogP contribution in [0.25, 0.3) is 6.08 Å². The highest BCUT2D eigenvalue weighted by atomic mass is 16.2. The largest absolute Gasteiger partial charge is 0.375 e. The average molecular weight is 321 g/mol. The quantitative estimate of drug-likeness (QED) is 0.696. The number of rotatable bonds is 4. The Morgan fingerprint density at radius 2 is 1.71 bits per heavy atom. The Balaban J connectivity index is 1.85. The molecule has 2 aromatic carbocycles. The van der Waals surface area contributed by atoms with Crippen LogP contribution in [0.3, 0.4) is 0 Å². The summed E-state index contributed by atoms with van der Waals surface area (Å²) in [6.45, 7) is 2.99. The van der Waals surface area contributed by atoms with Gasteiger partial charge in [0, 0.05) is 19.3 Å². The van der Waals surface area contributed by atoms with Gasteiger partial charge in [-0.2, -0.15) is 0 Å². The van der Waals surface area contributed by atoms with Crippen LogP contribution in [0.5, 0.6) is 0 Å². The number of amides is 2. The number of hydrogen-bond acceptors (Lipinski definition) is 3. The lowest BCUT2D eigenvalue weighted by molar-refractivity contribution is -0.117. The number of carbonyl (C=O) groups is 2. The van der Waals surface area contributed by atoms with Crippen LogP contribution >= 0.6 is 0 Å².